The number of carbonyl (C=O) groups excluding carboxylic acids is 2. The fourth-order valence-corrected chi connectivity index (χ4v) is 5.55. The lowest BCUT2D eigenvalue weighted by Crippen LogP contribution is -2.35. The van der Waals surface area contributed by atoms with Crippen LogP contribution in [0.5, 0.6) is 0 Å². The third kappa shape index (κ3) is 4.06. The lowest BCUT2D eigenvalue weighted by Gasteiger charge is -2.28. The summed E-state index contributed by atoms with van der Waals surface area (Å²) in [4.78, 5) is 27.4. The first-order chi connectivity index (χ1) is 18.2. The number of alkyl halides is 3. The van der Waals surface area contributed by atoms with Gasteiger partial charge in [-0.1, -0.05) is 66.7 Å². The van der Waals surface area contributed by atoms with E-state index in [-0.39, 0.29) is 18.0 Å². The van der Waals surface area contributed by atoms with E-state index in [1.54, 1.807) is 24.3 Å². The smallest absolute Gasteiger partial charge is 0.298 e. The lowest BCUT2D eigenvalue weighted by atomic mass is 9.73. The highest BCUT2D eigenvalue weighted by Gasteiger charge is 2.36. The van der Waals surface area contributed by atoms with Gasteiger partial charge in [-0.2, -0.15) is 13.2 Å². The largest absolute Gasteiger partial charge is 0.416 e. The van der Waals surface area contributed by atoms with Crippen molar-refractivity contribution >= 4 is 23.7 Å². The van der Waals surface area contributed by atoms with Crippen molar-refractivity contribution in [2.24, 2.45) is 0 Å². The van der Waals surface area contributed by atoms with Crippen molar-refractivity contribution in [2.45, 2.75) is 24.4 Å². The van der Waals surface area contributed by atoms with Crippen molar-refractivity contribution < 1.29 is 27.2 Å². The molecule has 0 fully saturated rings. The van der Waals surface area contributed by atoms with E-state index in [0.717, 1.165) is 33.0 Å². The van der Waals surface area contributed by atoms with Crippen LogP contribution in [0, 0.1) is 16.3 Å². The Morgan fingerprint density at radius 2 is 1.45 bits per heavy atom. The fourth-order valence-electron chi connectivity index (χ4n) is 5.55. The SMILES string of the molecule is O=C1C=c2ccccc2=c2ccc3c(c21)C(Cc1ccc(C(F)(F)F)cc1)C(=O)C(c1ccc(F)cc1)C=3. The standard InChI is InChI=1S/C32H20F4O2/c33-23-12-7-19(8-13-23)26-16-21-9-14-25-24-4-2-1-3-20(24)17-28(37)30(25)29(21)27(31(26)38)15-18-5-10-22(11-6-18)32(34,35)36/h1-14,16-17,26-27H,15H2. The quantitative estimate of drug-likeness (QED) is 0.336. The molecule has 0 aromatic heterocycles. The van der Waals surface area contributed by atoms with Gasteiger partial charge in [-0.3, -0.25) is 9.59 Å². The first kappa shape index (κ1) is 24.0. The Balaban J connectivity index is 1.58. The van der Waals surface area contributed by atoms with Crippen LogP contribution in [0.15, 0.2) is 84.9 Å². The van der Waals surface area contributed by atoms with Gasteiger partial charge >= 0.3 is 6.18 Å². The van der Waals surface area contributed by atoms with Crippen LogP contribution in [0.4, 0.5) is 17.6 Å². The Morgan fingerprint density at radius 1 is 0.737 bits per heavy atom. The van der Waals surface area contributed by atoms with Crippen molar-refractivity contribution in [3.63, 3.8) is 0 Å². The highest BCUT2D eigenvalue weighted by Crippen LogP contribution is 2.36. The third-order valence-electron chi connectivity index (χ3n) is 7.36. The van der Waals surface area contributed by atoms with Crippen LogP contribution in [0.3, 0.4) is 0 Å². The number of rotatable bonds is 3. The molecule has 0 radical (unpaired) electrons. The van der Waals surface area contributed by atoms with Gasteiger partial charge in [0.15, 0.2) is 11.6 Å². The Kier molecular flexibility index (Phi) is 5.64. The minimum Gasteiger partial charge on any atom is -0.298 e. The van der Waals surface area contributed by atoms with Gasteiger partial charge in [-0.25, -0.2) is 4.39 Å². The summed E-state index contributed by atoms with van der Waals surface area (Å²) in [6, 6.07) is 21.7. The zero-order chi connectivity index (χ0) is 26.6. The highest BCUT2D eigenvalue weighted by molar-refractivity contribution is 6.19. The van der Waals surface area contributed by atoms with E-state index < -0.39 is 29.4 Å². The number of hydrogen-bond donors (Lipinski definition) is 0. The first-order valence-corrected chi connectivity index (χ1v) is 12.2. The fraction of sp³-hybridized carbons (Fsp3) is 0.125. The molecule has 2 unspecified atom stereocenters. The van der Waals surface area contributed by atoms with E-state index in [9.17, 15) is 27.2 Å². The van der Waals surface area contributed by atoms with E-state index in [0.29, 0.717) is 22.3 Å². The van der Waals surface area contributed by atoms with Crippen molar-refractivity contribution in [3.8, 4) is 0 Å². The highest BCUT2D eigenvalue weighted by atomic mass is 19.4. The minimum atomic E-state index is -4.47. The van der Waals surface area contributed by atoms with Crippen molar-refractivity contribution in [2.75, 3.05) is 0 Å². The maximum absolute atomic E-state index is 14.0. The minimum absolute atomic E-state index is 0.126. The molecule has 0 spiro atoms. The second-order valence-corrected chi connectivity index (χ2v) is 9.64. The summed E-state index contributed by atoms with van der Waals surface area (Å²) in [5, 5.41) is 3.12. The van der Waals surface area contributed by atoms with Gasteiger partial charge in [0.1, 0.15) is 5.82 Å². The van der Waals surface area contributed by atoms with E-state index in [1.165, 1.54) is 24.3 Å². The van der Waals surface area contributed by atoms with Crippen molar-refractivity contribution in [1.82, 2.24) is 0 Å². The number of benzene rings is 4. The molecule has 2 aliphatic rings. The zero-order valence-electron chi connectivity index (χ0n) is 19.9. The number of hydrogen-bond acceptors (Lipinski definition) is 2. The summed E-state index contributed by atoms with van der Waals surface area (Å²) in [5.41, 5.74) is 1.42. The van der Waals surface area contributed by atoms with Gasteiger partial charge in [0.25, 0.3) is 0 Å². The molecule has 38 heavy (non-hydrogen) atoms. The predicted molar refractivity (Wildman–Crippen MR) is 135 cm³/mol. The number of fused-ring (bicyclic) bond motifs is 4. The Morgan fingerprint density at radius 3 is 2.16 bits per heavy atom. The second-order valence-electron chi connectivity index (χ2n) is 9.64. The van der Waals surface area contributed by atoms with Crippen LogP contribution >= 0.6 is 0 Å². The van der Waals surface area contributed by atoms with E-state index in [4.69, 9.17) is 0 Å². The molecule has 6 rings (SSSR count). The van der Waals surface area contributed by atoms with Crippen molar-refractivity contribution in [1.29, 1.82) is 0 Å². The summed E-state index contributed by atoms with van der Waals surface area (Å²) in [5.74, 6) is -2.29. The molecule has 0 saturated heterocycles. The van der Waals surface area contributed by atoms with Gasteiger partial charge in [0.2, 0.25) is 0 Å². The molecule has 4 aromatic carbocycles. The van der Waals surface area contributed by atoms with Gasteiger partial charge in [-0.15, -0.1) is 0 Å². The molecule has 4 aromatic rings. The number of carbonyl (C=O) groups is 2. The van der Waals surface area contributed by atoms with E-state index >= 15 is 0 Å². The maximum Gasteiger partial charge on any atom is 0.416 e. The first-order valence-electron chi connectivity index (χ1n) is 12.2. The average molecular weight is 513 g/mol. The lowest BCUT2D eigenvalue weighted by molar-refractivity contribution is -0.137. The van der Waals surface area contributed by atoms with E-state index in [2.05, 4.69) is 0 Å². The molecule has 0 bridgehead atoms. The van der Waals surface area contributed by atoms with Crippen LogP contribution in [-0.2, 0) is 17.4 Å². The topological polar surface area (TPSA) is 34.1 Å². The zero-order valence-corrected chi connectivity index (χ0v) is 19.9. The molecule has 188 valence electrons. The molecule has 0 aliphatic heterocycles. The van der Waals surface area contributed by atoms with Crippen LogP contribution in [0.2, 0.25) is 0 Å². The van der Waals surface area contributed by atoms with Crippen LogP contribution < -0.4 is 10.4 Å². The van der Waals surface area contributed by atoms with Gasteiger partial charge in [0, 0.05) is 11.5 Å². The summed E-state index contributed by atoms with van der Waals surface area (Å²) >= 11 is 0. The van der Waals surface area contributed by atoms with E-state index in [1.807, 2.05) is 36.4 Å². The van der Waals surface area contributed by atoms with Crippen LogP contribution in [-0.4, -0.2) is 11.6 Å². The number of Topliss-reactive ketones (excluding diaryl/α,β-unsaturated/α-hetero) is 2. The molecule has 2 nitrogen and oxygen atoms in total. The number of ketones is 2. The molecular formula is C32H20F4O2. The molecule has 2 atom stereocenters. The maximum atomic E-state index is 14.0. The normalized spacial score (nSPS) is 18.1. The molecule has 0 heterocycles. The Labute approximate surface area is 214 Å². The van der Waals surface area contributed by atoms with Gasteiger partial charge in [-0.05, 0) is 74.3 Å². The van der Waals surface area contributed by atoms with Gasteiger partial charge < -0.3 is 0 Å². The molecule has 6 heteroatoms. The van der Waals surface area contributed by atoms with Crippen LogP contribution in [0.1, 0.15) is 44.4 Å². The monoisotopic (exact) mass is 512 g/mol. The predicted octanol–water partition coefficient (Wildman–Crippen LogP) is 5.58. The van der Waals surface area contributed by atoms with Crippen LogP contribution in [0.25, 0.3) is 12.2 Å². The summed E-state index contributed by atoms with van der Waals surface area (Å²) < 4.78 is 53.0. The summed E-state index contributed by atoms with van der Waals surface area (Å²) in [7, 11) is 0. The summed E-state index contributed by atoms with van der Waals surface area (Å²) in [6.07, 6.45) is -0.990. The molecule has 0 N–H and O–H groups in total. The molecule has 0 saturated carbocycles. The molecule has 0 amide bonds. The molecular weight excluding hydrogens is 492 g/mol. The third-order valence-corrected chi connectivity index (χ3v) is 7.36. The molecule has 2 aliphatic carbocycles. The second kappa shape index (κ2) is 8.91. The Hall–Kier alpha value is -4.32. The number of halogens is 4. The Bertz CT molecular complexity index is 1820. The average Bonchev–Trinajstić information content (AvgIpc) is 2.90. The summed E-state index contributed by atoms with van der Waals surface area (Å²) in [6.45, 7) is 0. The van der Waals surface area contributed by atoms with Crippen molar-refractivity contribution in [3.05, 3.63) is 139 Å². The van der Waals surface area contributed by atoms with Gasteiger partial charge in [0.05, 0.1) is 11.5 Å².